The Morgan fingerprint density at radius 2 is 1.45 bits per heavy atom. The van der Waals surface area contributed by atoms with E-state index in [1.807, 2.05) is 0 Å². The number of methoxy groups -OCH3 is 1. The molecule has 0 saturated carbocycles. The van der Waals surface area contributed by atoms with E-state index in [1.54, 1.807) is 7.11 Å². The molecule has 0 aliphatic carbocycles. The summed E-state index contributed by atoms with van der Waals surface area (Å²) in [5.41, 5.74) is 0. The maximum atomic E-state index is 12.5. The predicted molar refractivity (Wildman–Crippen MR) is 94.2 cm³/mol. The van der Waals surface area contributed by atoms with Crippen LogP contribution in [-0.2, 0) is 14.3 Å². The maximum absolute atomic E-state index is 12.5. The van der Waals surface area contributed by atoms with Crippen LogP contribution in [-0.4, -0.2) is 31.5 Å². The van der Waals surface area contributed by atoms with Crippen molar-refractivity contribution in [2.24, 2.45) is 0 Å². The van der Waals surface area contributed by atoms with Crippen molar-refractivity contribution in [3.8, 4) is 0 Å². The van der Waals surface area contributed by atoms with Crippen molar-refractivity contribution in [2.45, 2.75) is 72.6 Å². The predicted octanol–water partition coefficient (Wildman–Crippen LogP) is 5.35. The molecule has 0 N–H and O–H groups in total. The van der Waals surface area contributed by atoms with Crippen LogP contribution in [0.5, 0.6) is 0 Å². The van der Waals surface area contributed by atoms with E-state index in [9.17, 15) is 4.79 Å². The molecule has 0 radical (unpaired) electrons. The third-order valence-corrected chi connectivity index (χ3v) is 20.1. The molecule has 126 valence electrons. The average molecular weight is 415 g/mol. The Labute approximate surface area is 140 Å². The third kappa shape index (κ3) is 4.53. The van der Waals surface area contributed by atoms with Crippen molar-refractivity contribution >= 4 is 24.3 Å². The number of hydrogen-bond acceptors (Lipinski definition) is 3. The van der Waals surface area contributed by atoms with E-state index < -0.39 is 18.4 Å². The molecule has 0 saturated heterocycles. The molecule has 0 aromatic heterocycles. The molecule has 0 unspecified atom stereocenters. The summed E-state index contributed by atoms with van der Waals surface area (Å²) in [5.74, 6) is 0.943. The zero-order valence-corrected chi connectivity index (χ0v) is 17.6. The summed E-state index contributed by atoms with van der Waals surface area (Å²) in [7, 11) is 1.64. The number of esters is 1. The second kappa shape index (κ2) is 9.63. The molecule has 22 heavy (non-hydrogen) atoms. The molecular weight excluding hydrogens is 383 g/mol. The van der Waals surface area contributed by atoms with E-state index in [-0.39, 0.29) is 5.97 Å². The molecule has 1 aliphatic rings. The van der Waals surface area contributed by atoms with Gasteiger partial charge in [-0.2, -0.15) is 0 Å². The van der Waals surface area contributed by atoms with Gasteiger partial charge in [-0.1, -0.05) is 0 Å². The first-order chi connectivity index (χ1) is 10.6. The second-order valence-electron chi connectivity index (χ2n) is 6.31. The fraction of sp³-hybridized carbons (Fsp3) is 0.722. The van der Waals surface area contributed by atoms with Gasteiger partial charge in [0.2, 0.25) is 0 Å². The molecule has 0 bridgehead atoms. The van der Waals surface area contributed by atoms with Crippen molar-refractivity contribution < 1.29 is 14.3 Å². The zero-order valence-electron chi connectivity index (χ0n) is 14.8. The molecule has 3 nitrogen and oxygen atoms in total. The molecule has 1 rings (SSSR count). The number of carbonyl (C=O) groups is 1. The van der Waals surface area contributed by atoms with Gasteiger partial charge in [0, 0.05) is 0 Å². The number of unbranched alkanes of at least 4 members (excludes halogenated alkanes) is 3. The molecular formula is C18H32O3Sn. The molecule has 0 aromatic carbocycles. The Hall–Kier alpha value is -0.451. The van der Waals surface area contributed by atoms with E-state index in [0.29, 0.717) is 11.5 Å². The van der Waals surface area contributed by atoms with Crippen molar-refractivity contribution in [3.05, 3.63) is 21.7 Å². The van der Waals surface area contributed by atoms with Crippen molar-refractivity contribution in [1.29, 1.82) is 0 Å². The van der Waals surface area contributed by atoms with Crippen LogP contribution < -0.4 is 0 Å². The summed E-state index contributed by atoms with van der Waals surface area (Å²) < 4.78 is 15.5. The summed E-state index contributed by atoms with van der Waals surface area (Å²) in [5, 5.41) is 0. The summed E-state index contributed by atoms with van der Waals surface area (Å²) in [4.78, 5) is 12.5. The Bertz CT molecular complexity index is 404. The Morgan fingerprint density at radius 3 is 1.82 bits per heavy atom. The van der Waals surface area contributed by atoms with Crippen LogP contribution in [0.25, 0.3) is 0 Å². The van der Waals surface area contributed by atoms with Gasteiger partial charge >= 0.3 is 140 Å². The average Bonchev–Trinajstić information content (AvgIpc) is 2.81. The van der Waals surface area contributed by atoms with Crippen molar-refractivity contribution in [1.82, 2.24) is 0 Å². The molecule has 0 fully saturated rings. The van der Waals surface area contributed by atoms with Gasteiger partial charge in [0.05, 0.1) is 0 Å². The summed E-state index contributed by atoms with van der Waals surface area (Å²) in [6.07, 6.45) is 7.19. The van der Waals surface area contributed by atoms with Gasteiger partial charge in [-0.15, -0.1) is 0 Å². The topological polar surface area (TPSA) is 35.5 Å². The Balaban J connectivity index is 3.27. The number of rotatable bonds is 11. The Morgan fingerprint density at radius 1 is 1.00 bits per heavy atom. The normalized spacial score (nSPS) is 15.5. The van der Waals surface area contributed by atoms with Gasteiger partial charge in [-0.3, -0.25) is 0 Å². The number of hydrogen-bond donors (Lipinski definition) is 0. The molecule has 4 heteroatoms. The zero-order chi connectivity index (χ0) is 16.6. The second-order valence-corrected chi connectivity index (χ2v) is 19.3. The van der Waals surface area contributed by atoms with Crippen molar-refractivity contribution in [3.63, 3.8) is 0 Å². The minimum atomic E-state index is -2.80. The fourth-order valence-corrected chi connectivity index (χ4v) is 20.0. The number of carbonyl (C=O) groups excluding carboxylic acids is 1. The standard InChI is InChI=1S/C6H5O3.3C4H9.Sn/c1-4-5(8-2)3-6(7)9-4;3*1-3-4-2;/h1H2,2H3;3*1,3-4H2,2H3;. The first kappa shape index (κ1) is 19.6. The number of cyclic esters (lactones) is 1. The quantitative estimate of drug-likeness (QED) is 0.337. The van der Waals surface area contributed by atoms with Crippen LogP contribution in [0.2, 0.25) is 13.3 Å². The van der Waals surface area contributed by atoms with Gasteiger partial charge in [0.25, 0.3) is 0 Å². The Kier molecular flexibility index (Phi) is 8.58. The van der Waals surface area contributed by atoms with Crippen LogP contribution in [0.3, 0.4) is 0 Å². The first-order valence-corrected chi connectivity index (χ1v) is 16.2. The van der Waals surface area contributed by atoms with Gasteiger partial charge < -0.3 is 0 Å². The van der Waals surface area contributed by atoms with Crippen LogP contribution in [0.4, 0.5) is 0 Å². The van der Waals surface area contributed by atoms with E-state index >= 15 is 0 Å². The molecule has 0 aromatic rings. The van der Waals surface area contributed by atoms with Gasteiger partial charge in [-0.25, -0.2) is 0 Å². The van der Waals surface area contributed by atoms with Gasteiger partial charge in [0.1, 0.15) is 0 Å². The fourth-order valence-electron chi connectivity index (χ4n) is 3.41. The van der Waals surface area contributed by atoms with Crippen LogP contribution in [0, 0.1) is 0 Å². The van der Waals surface area contributed by atoms with Gasteiger partial charge in [0.15, 0.2) is 0 Å². The molecule has 0 atom stereocenters. The first-order valence-electron chi connectivity index (χ1n) is 8.76. The molecule has 1 aliphatic heterocycles. The van der Waals surface area contributed by atoms with E-state index in [1.165, 1.54) is 51.8 Å². The summed E-state index contributed by atoms with van der Waals surface area (Å²) in [6, 6.07) is 0. The monoisotopic (exact) mass is 416 g/mol. The minimum absolute atomic E-state index is 0.152. The molecule has 0 amide bonds. The van der Waals surface area contributed by atoms with E-state index in [4.69, 9.17) is 9.47 Å². The van der Waals surface area contributed by atoms with Crippen LogP contribution in [0.1, 0.15) is 59.3 Å². The SMILES string of the molecule is C=C1OC(=O)[C]([Sn]([CH2]CCC)([CH2]CCC)[CH2]CCC)=C1OC. The van der Waals surface area contributed by atoms with E-state index in [2.05, 4.69) is 27.4 Å². The summed E-state index contributed by atoms with van der Waals surface area (Å²) in [6.45, 7) is 10.6. The molecule has 0 spiro atoms. The third-order valence-electron chi connectivity index (χ3n) is 4.66. The van der Waals surface area contributed by atoms with Crippen LogP contribution in [0.15, 0.2) is 21.7 Å². The van der Waals surface area contributed by atoms with Crippen LogP contribution >= 0.6 is 0 Å². The number of ether oxygens (including phenoxy) is 2. The summed E-state index contributed by atoms with van der Waals surface area (Å²) >= 11 is -2.80. The molecule has 1 heterocycles. The van der Waals surface area contributed by atoms with E-state index in [0.717, 1.165) is 3.59 Å². The van der Waals surface area contributed by atoms with Crippen molar-refractivity contribution in [2.75, 3.05) is 7.11 Å². The van der Waals surface area contributed by atoms with Gasteiger partial charge in [-0.05, 0) is 0 Å².